The second-order valence-corrected chi connectivity index (χ2v) is 6.62. The molecule has 1 saturated heterocycles. The van der Waals surface area contributed by atoms with Gasteiger partial charge in [0.1, 0.15) is 0 Å². The Labute approximate surface area is 165 Å². The first kappa shape index (κ1) is 19.7. The van der Waals surface area contributed by atoms with Crippen LogP contribution < -0.4 is 20.4 Å². The Morgan fingerprint density at radius 1 is 1.04 bits per heavy atom. The summed E-state index contributed by atoms with van der Waals surface area (Å²) in [5.74, 6) is -1.31. The van der Waals surface area contributed by atoms with Crippen LogP contribution in [-0.2, 0) is 14.3 Å². The molecule has 2 aromatic carbocycles. The molecule has 0 aromatic heterocycles. The van der Waals surface area contributed by atoms with Crippen molar-refractivity contribution in [1.29, 1.82) is 0 Å². The molecule has 1 heterocycles. The zero-order valence-corrected chi connectivity index (χ0v) is 16.1. The van der Waals surface area contributed by atoms with Crippen molar-refractivity contribution in [3.05, 3.63) is 54.6 Å². The van der Waals surface area contributed by atoms with E-state index in [0.717, 1.165) is 24.5 Å². The smallest absolute Gasteiger partial charge is 0.313 e. The van der Waals surface area contributed by atoms with Gasteiger partial charge in [-0.3, -0.25) is 9.59 Å². The number of benzene rings is 2. The van der Waals surface area contributed by atoms with E-state index < -0.39 is 11.8 Å². The molecule has 0 saturated carbocycles. The molecular weight excluding hydrogens is 356 g/mol. The third-order valence-electron chi connectivity index (χ3n) is 4.62. The summed E-state index contributed by atoms with van der Waals surface area (Å²) in [6.45, 7) is 3.99. The summed E-state index contributed by atoms with van der Waals surface area (Å²) < 4.78 is 5.36. The van der Waals surface area contributed by atoms with Gasteiger partial charge in [0.2, 0.25) is 0 Å². The lowest BCUT2D eigenvalue weighted by atomic mass is 10.2. The third kappa shape index (κ3) is 5.47. The average molecular weight is 382 g/mol. The lowest BCUT2D eigenvalue weighted by molar-refractivity contribution is -0.136. The predicted octanol–water partition coefficient (Wildman–Crippen LogP) is 1.71. The largest absolute Gasteiger partial charge is 0.378 e. The highest BCUT2D eigenvalue weighted by Gasteiger charge is 2.15. The van der Waals surface area contributed by atoms with Gasteiger partial charge in [-0.05, 0) is 30.3 Å². The highest BCUT2D eigenvalue weighted by atomic mass is 16.5. The number of anilines is 3. The second-order valence-electron chi connectivity index (χ2n) is 6.62. The fourth-order valence-corrected chi connectivity index (χ4v) is 3.02. The lowest BCUT2D eigenvalue weighted by Crippen LogP contribution is -2.39. The molecule has 0 unspecified atom stereocenters. The monoisotopic (exact) mass is 382 g/mol. The Morgan fingerprint density at radius 3 is 2.54 bits per heavy atom. The number of hydrogen-bond acceptors (Lipinski definition) is 5. The number of nitrogens with zero attached hydrogens (tertiary/aromatic N) is 2. The number of rotatable bonds is 6. The maximum Gasteiger partial charge on any atom is 0.313 e. The zero-order chi connectivity index (χ0) is 19.8. The molecule has 1 fully saturated rings. The highest BCUT2D eigenvalue weighted by Crippen LogP contribution is 2.20. The number of morpholine rings is 1. The van der Waals surface area contributed by atoms with Crippen LogP contribution in [0.5, 0.6) is 0 Å². The highest BCUT2D eigenvalue weighted by molar-refractivity contribution is 6.39. The molecule has 2 amide bonds. The molecule has 2 aromatic rings. The van der Waals surface area contributed by atoms with E-state index >= 15 is 0 Å². The fourth-order valence-electron chi connectivity index (χ4n) is 3.02. The number of carbonyl (C=O) groups excluding carboxylic acids is 2. The van der Waals surface area contributed by atoms with E-state index in [1.807, 2.05) is 60.5 Å². The van der Waals surface area contributed by atoms with Gasteiger partial charge >= 0.3 is 11.8 Å². The van der Waals surface area contributed by atoms with Crippen molar-refractivity contribution in [2.45, 2.75) is 0 Å². The molecule has 0 atom stereocenters. The van der Waals surface area contributed by atoms with Crippen LogP contribution in [-0.4, -0.2) is 58.3 Å². The normalized spacial score (nSPS) is 13.7. The van der Waals surface area contributed by atoms with E-state index in [1.54, 1.807) is 6.07 Å². The molecule has 0 radical (unpaired) electrons. The molecule has 148 valence electrons. The van der Waals surface area contributed by atoms with E-state index in [0.29, 0.717) is 32.0 Å². The van der Waals surface area contributed by atoms with Crippen LogP contribution in [0, 0.1) is 0 Å². The number of nitrogens with one attached hydrogen (secondary N) is 2. The standard InChI is InChI=1S/C21H26N4O3/c1-24(18-7-3-2-4-8-18)11-10-22-20(26)21(27)23-17-6-5-9-19(16-17)25-12-14-28-15-13-25/h2-9,16H,10-15H2,1H3,(H,22,26)(H,23,27). The van der Waals surface area contributed by atoms with Crippen LogP contribution in [0.4, 0.5) is 17.1 Å². The average Bonchev–Trinajstić information content (AvgIpc) is 2.75. The Balaban J connectivity index is 1.47. The summed E-state index contributed by atoms with van der Waals surface area (Å²) in [5, 5.41) is 5.33. The van der Waals surface area contributed by atoms with Gasteiger partial charge < -0.3 is 25.2 Å². The Hall–Kier alpha value is -3.06. The van der Waals surface area contributed by atoms with Gasteiger partial charge in [-0.15, -0.1) is 0 Å². The maximum atomic E-state index is 12.2. The molecule has 28 heavy (non-hydrogen) atoms. The minimum Gasteiger partial charge on any atom is -0.378 e. The Bertz CT molecular complexity index is 791. The summed E-state index contributed by atoms with van der Waals surface area (Å²) in [7, 11) is 1.94. The van der Waals surface area contributed by atoms with Gasteiger partial charge in [-0.25, -0.2) is 0 Å². The van der Waals surface area contributed by atoms with Gasteiger partial charge in [-0.2, -0.15) is 0 Å². The van der Waals surface area contributed by atoms with Crippen molar-refractivity contribution in [3.8, 4) is 0 Å². The number of hydrogen-bond donors (Lipinski definition) is 2. The van der Waals surface area contributed by atoms with Crippen molar-refractivity contribution >= 4 is 28.9 Å². The molecule has 1 aliphatic heterocycles. The molecule has 3 rings (SSSR count). The van der Waals surface area contributed by atoms with Crippen LogP contribution in [0.3, 0.4) is 0 Å². The minimum absolute atomic E-state index is 0.380. The van der Waals surface area contributed by atoms with E-state index in [2.05, 4.69) is 15.5 Å². The predicted molar refractivity (Wildman–Crippen MR) is 111 cm³/mol. The van der Waals surface area contributed by atoms with Gasteiger partial charge in [0.25, 0.3) is 0 Å². The van der Waals surface area contributed by atoms with Crippen molar-refractivity contribution in [2.24, 2.45) is 0 Å². The number of amides is 2. The van der Waals surface area contributed by atoms with E-state index in [9.17, 15) is 9.59 Å². The van der Waals surface area contributed by atoms with Gasteiger partial charge in [0.05, 0.1) is 13.2 Å². The van der Waals surface area contributed by atoms with Crippen LogP contribution in [0.25, 0.3) is 0 Å². The van der Waals surface area contributed by atoms with Gasteiger partial charge in [0, 0.05) is 50.3 Å². The minimum atomic E-state index is -0.665. The molecular formula is C21H26N4O3. The van der Waals surface area contributed by atoms with Gasteiger partial charge in [-0.1, -0.05) is 24.3 Å². The summed E-state index contributed by atoms with van der Waals surface area (Å²) in [4.78, 5) is 28.5. The molecule has 1 aliphatic rings. The first-order chi connectivity index (χ1) is 13.6. The van der Waals surface area contributed by atoms with Crippen LogP contribution in [0.15, 0.2) is 54.6 Å². The summed E-state index contributed by atoms with van der Waals surface area (Å²) in [5.41, 5.74) is 2.66. The number of likely N-dealkylation sites (N-methyl/N-ethyl adjacent to an activating group) is 1. The van der Waals surface area contributed by atoms with Crippen molar-refractivity contribution in [3.63, 3.8) is 0 Å². The van der Waals surface area contributed by atoms with Crippen LogP contribution >= 0.6 is 0 Å². The topological polar surface area (TPSA) is 73.9 Å². The summed E-state index contributed by atoms with van der Waals surface area (Å²) >= 11 is 0. The quantitative estimate of drug-likeness (QED) is 0.744. The lowest BCUT2D eigenvalue weighted by Gasteiger charge is -2.29. The maximum absolute atomic E-state index is 12.2. The van der Waals surface area contributed by atoms with E-state index in [4.69, 9.17) is 4.74 Å². The number of para-hydroxylation sites is 1. The first-order valence-corrected chi connectivity index (χ1v) is 9.41. The van der Waals surface area contributed by atoms with E-state index in [1.165, 1.54) is 0 Å². The van der Waals surface area contributed by atoms with E-state index in [-0.39, 0.29) is 0 Å². The molecule has 0 bridgehead atoms. The Kier molecular flexibility index (Phi) is 6.86. The zero-order valence-electron chi connectivity index (χ0n) is 16.1. The number of carbonyl (C=O) groups is 2. The first-order valence-electron chi connectivity index (χ1n) is 9.41. The molecule has 0 aliphatic carbocycles. The van der Waals surface area contributed by atoms with Crippen LogP contribution in [0.2, 0.25) is 0 Å². The van der Waals surface area contributed by atoms with Crippen molar-refractivity contribution in [2.75, 3.05) is 61.6 Å². The number of ether oxygens (including phenoxy) is 1. The molecule has 7 nitrogen and oxygen atoms in total. The third-order valence-corrected chi connectivity index (χ3v) is 4.62. The molecule has 7 heteroatoms. The molecule has 2 N–H and O–H groups in total. The van der Waals surface area contributed by atoms with Gasteiger partial charge in [0.15, 0.2) is 0 Å². The van der Waals surface area contributed by atoms with Crippen molar-refractivity contribution in [1.82, 2.24) is 5.32 Å². The Morgan fingerprint density at radius 2 is 1.79 bits per heavy atom. The fraction of sp³-hybridized carbons (Fsp3) is 0.333. The SMILES string of the molecule is CN(CCNC(=O)C(=O)Nc1cccc(N2CCOCC2)c1)c1ccccc1. The molecule has 0 spiro atoms. The van der Waals surface area contributed by atoms with Crippen molar-refractivity contribution < 1.29 is 14.3 Å². The summed E-state index contributed by atoms with van der Waals surface area (Å²) in [6, 6.07) is 17.4. The van der Waals surface area contributed by atoms with Crippen LogP contribution in [0.1, 0.15) is 0 Å². The summed E-state index contributed by atoms with van der Waals surface area (Å²) in [6.07, 6.45) is 0. The second kappa shape index (κ2) is 9.75.